The molecule has 2 atom stereocenters. The predicted octanol–water partition coefficient (Wildman–Crippen LogP) is 2.80. The molecule has 1 aromatic carbocycles. The number of hydrogen-bond donors (Lipinski definition) is 1. The number of aliphatic carboxylic acids is 1. The minimum atomic E-state index is -0.747. The largest absolute Gasteiger partial charge is 0.481 e. The number of carbonyl (C=O) groups is 2. The molecular weight excluding hydrogens is 286 g/mol. The van der Waals surface area contributed by atoms with Crippen LogP contribution in [0.4, 0.5) is 0 Å². The Balaban J connectivity index is 1.86. The van der Waals surface area contributed by atoms with Crippen LogP contribution in [0.25, 0.3) is 0 Å². The Bertz CT molecular complexity index is 515. The summed E-state index contributed by atoms with van der Waals surface area (Å²) in [5.41, 5.74) is 1.20. The van der Waals surface area contributed by atoms with Crippen LogP contribution < -0.4 is 0 Å². The fraction of sp³-hybridized carbons (Fsp3) is 0.500. The van der Waals surface area contributed by atoms with Crippen molar-refractivity contribution in [3.63, 3.8) is 0 Å². The lowest BCUT2D eigenvalue weighted by Gasteiger charge is -2.36. The molecule has 114 valence electrons. The van der Waals surface area contributed by atoms with E-state index in [-0.39, 0.29) is 17.9 Å². The van der Waals surface area contributed by atoms with Crippen molar-refractivity contribution in [2.45, 2.75) is 37.6 Å². The van der Waals surface area contributed by atoms with E-state index >= 15 is 0 Å². The first-order valence-electron chi connectivity index (χ1n) is 7.19. The molecule has 1 aliphatic rings. The van der Waals surface area contributed by atoms with E-state index in [1.165, 1.54) is 17.3 Å². The number of rotatable bonds is 4. The van der Waals surface area contributed by atoms with Crippen molar-refractivity contribution >= 4 is 23.6 Å². The summed E-state index contributed by atoms with van der Waals surface area (Å²) in [6.45, 7) is 4.52. The molecule has 1 aromatic rings. The van der Waals surface area contributed by atoms with Gasteiger partial charge in [0.05, 0.1) is 11.7 Å². The number of hydrogen-bond acceptors (Lipinski definition) is 3. The van der Waals surface area contributed by atoms with Gasteiger partial charge in [0.15, 0.2) is 0 Å². The van der Waals surface area contributed by atoms with E-state index in [0.29, 0.717) is 25.1 Å². The number of benzene rings is 1. The topological polar surface area (TPSA) is 57.6 Å². The monoisotopic (exact) mass is 307 g/mol. The molecular formula is C16H21NO3S. The van der Waals surface area contributed by atoms with Gasteiger partial charge in [-0.25, -0.2) is 0 Å². The number of amides is 1. The summed E-state index contributed by atoms with van der Waals surface area (Å²) >= 11 is 1.53. The summed E-state index contributed by atoms with van der Waals surface area (Å²) in [4.78, 5) is 26.2. The summed E-state index contributed by atoms with van der Waals surface area (Å²) in [7, 11) is 0. The standard InChI is InChI=1S/C16H21NO3S/c1-11-3-5-14(6-4-11)21-10-15(18)17-8-7-13(16(19)20)9-12(17)2/h3-6,12-13H,7-10H2,1-2H3,(H,19,20). The van der Waals surface area contributed by atoms with Crippen molar-refractivity contribution in [1.29, 1.82) is 0 Å². The third kappa shape index (κ3) is 4.24. The van der Waals surface area contributed by atoms with Crippen molar-refractivity contribution in [3.8, 4) is 0 Å². The van der Waals surface area contributed by atoms with Gasteiger partial charge in [-0.2, -0.15) is 0 Å². The molecule has 1 saturated heterocycles. The lowest BCUT2D eigenvalue weighted by atomic mass is 9.92. The van der Waals surface area contributed by atoms with Gasteiger partial charge in [0.1, 0.15) is 0 Å². The zero-order chi connectivity index (χ0) is 15.4. The highest BCUT2D eigenvalue weighted by Gasteiger charge is 2.31. The van der Waals surface area contributed by atoms with Crippen molar-refractivity contribution in [1.82, 2.24) is 4.90 Å². The molecule has 1 aliphatic heterocycles. The van der Waals surface area contributed by atoms with Gasteiger partial charge in [0, 0.05) is 17.5 Å². The van der Waals surface area contributed by atoms with Crippen LogP contribution in [0.1, 0.15) is 25.3 Å². The van der Waals surface area contributed by atoms with Crippen LogP contribution >= 0.6 is 11.8 Å². The summed E-state index contributed by atoms with van der Waals surface area (Å²) in [5.74, 6) is -0.556. The predicted molar refractivity (Wildman–Crippen MR) is 83.4 cm³/mol. The Morgan fingerprint density at radius 1 is 1.33 bits per heavy atom. The average molecular weight is 307 g/mol. The SMILES string of the molecule is Cc1ccc(SCC(=O)N2CCC(C(=O)O)CC2C)cc1. The number of aryl methyl sites for hydroxylation is 1. The van der Waals surface area contributed by atoms with Gasteiger partial charge >= 0.3 is 5.97 Å². The number of thioether (sulfide) groups is 1. The average Bonchev–Trinajstić information content (AvgIpc) is 2.46. The third-order valence-corrected chi connectivity index (χ3v) is 4.93. The smallest absolute Gasteiger partial charge is 0.306 e. The van der Waals surface area contributed by atoms with E-state index in [0.717, 1.165) is 4.90 Å². The molecule has 1 amide bonds. The Morgan fingerprint density at radius 2 is 2.00 bits per heavy atom. The normalized spacial score (nSPS) is 22.1. The number of carbonyl (C=O) groups excluding carboxylic acids is 1. The van der Waals surface area contributed by atoms with Gasteiger partial charge in [-0.05, 0) is 38.8 Å². The Labute approximate surface area is 129 Å². The van der Waals surface area contributed by atoms with E-state index in [4.69, 9.17) is 5.11 Å². The second-order valence-corrected chi connectivity index (χ2v) is 6.65. The Morgan fingerprint density at radius 3 is 2.57 bits per heavy atom. The maximum Gasteiger partial charge on any atom is 0.306 e. The number of likely N-dealkylation sites (tertiary alicyclic amines) is 1. The van der Waals surface area contributed by atoms with E-state index in [1.54, 1.807) is 0 Å². The fourth-order valence-electron chi connectivity index (χ4n) is 2.63. The first-order valence-corrected chi connectivity index (χ1v) is 8.17. The van der Waals surface area contributed by atoms with E-state index in [9.17, 15) is 9.59 Å². The van der Waals surface area contributed by atoms with Crippen LogP contribution in [0.3, 0.4) is 0 Å². The zero-order valence-electron chi connectivity index (χ0n) is 12.4. The summed E-state index contributed by atoms with van der Waals surface area (Å²) in [6.07, 6.45) is 1.11. The Kier molecular flexibility index (Phi) is 5.28. The Hall–Kier alpha value is -1.49. The molecule has 0 aliphatic carbocycles. The third-order valence-electron chi connectivity index (χ3n) is 3.93. The van der Waals surface area contributed by atoms with Crippen LogP contribution in [0, 0.1) is 12.8 Å². The molecule has 0 aromatic heterocycles. The van der Waals surface area contributed by atoms with Gasteiger partial charge in [-0.15, -0.1) is 11.8 Å². The first-order chi connectivity index (χ1) is 9.97. The fourth-order valence-corrected chi connectivity index (χ4v) is 3.41. The van der Waals surface area contributed by atoms with Crippen LogP contribution in [-0.4, -0.2) is 40.2 Å². The van der Waals surface area contributed by atoms with Crippen LogP contribution in [0.5, 0.6) is 0 Å². The van der Waals surface area contributed by atoms with E-state index in [1.807, 2.05) is 43.0 Å². The molecule has 1 fully saturated rings. The van der Waals surface area contributed by atoms with Crippen molar-refractivity contribution in [2.24, 2.45) is 5.92 Å². The van der Waals surface area contributed by atoms with Crippen LogP contribution in [0.15, 0.2) is 29.2 Å². The van der Waals surface area contributed by atoms with E-state index in [2.05, 4.69) is 0 Å². The molecule has 2 rings (SSSR count). The zero-order valence-corrected chi connectivity index (χ0v) is 13.2. The second-order valence-electron chi connectivity index (χ2n) is 5.60. The number of carboxylic acid groups (broad SMARTS) is 1. The summed E-state index contributed by atoms with van der Waals surface area (Å²) < 4.78 is 0. The van der Waals surface area contributed by atoms with Crippen molar-refractivity contribution in [2.75, 3.05) is 12.3 Å². The van der Waals surface area contributed by atoms with Crippen LogP contribution in [-0.2, 0) is 9.59 Å². The molecule has 5 heteroatoms. The molecule has 0 radical (unpaired) electrons. The summed E-state index contributed by atoms with van der Waals surface area (Å²) in [5, 5.41) is 9.05. The quantitative estimate of drug-likeness (QED) is 0.869. The minimum absolute atomic E-state index is 0.00553. The first kappa shape index (κ1) is 15.9. The molecule has 21 heavy (non-hydrogen) atoms. The van der Waals surface area contributed by atoms with Crippen molar-refractivity contribution in [3.05, 3.63) is 29.8 Å². The lowest BCUT2D eigenvalue weighted by Crippen LogP contribution is -2.46. The highest BCUT2D eigenvalue weighted by molar-refractivity contribution is 8.00. The molecule has 1 heterocycles. The maximum absolute atomic E-state index is 12.3. The minimum Gasteiger partial charge on any atom is -0.481 e. The molecule has 2 unspecified atom stereocenters. The number of carboxylic acids is 1. The molecule has 0 saturated carbocycles. The van der Waals surface area contributed by atoms with Crippen LogP contribution in [0.2, 0.25) is 0 Å². The number of nitrogens with zero attached hydrogens (tertiary/aromatic N) is 1. The van der Waals surface area contributed by atoms with Crippen molar-refractivity contribution < 1.29 is 14.7 Å². The lowest BCUT2D eigenvalue weighted by molar-refractivity contribution is -0.146. The molecule has 0 spiro atoms. The van der Waals surface area contributed by atoms with Gasteiger partial charge < -0.3 is 10.0 Å². The van der Waals surface area contributed by atoms with Gasteiger partial charge in [0.2, 0.25) is 5.91 Å². The maximum atomic E-state index is 12.3. The van der Waals surface area contributed by atoms with Gasteiger partial charge in [-0.3, -0.25) is 9.59 Å². The highest BCUT2D eigenvalue weighted by atomic mass is 32.2. The molecule has 0 bridgehead atoms. The summed E-state index contributed by atoms with van der Waals surface area (Å²) in [6, 6.07) is 8.12. The van der Waals surface area contributed by atoms with Gasteiger partial charge in [0.25, 0.3) is 0 Å². The second kappa shape index (κ2) is 6.98. The van der Waals surface area contributed by atoms with Gasteiger partial charge in [-0.1, -0.05) is 17.7 Å². The van der Waals surface area contributed by atoms with E-state index < -0.39 is 5.97 Å². The highest BCUT2D eigenvalue weighted by Crippen LogP contribution is 2.25. The molecule has 4 nitrogen and oxygen atoms in total. The number of piperidine rings is 1. The molecule has 1 N–H and O–H groups in total.